The van der Waals surface area contributed by atoms with Crippen molar-refractivity contribution in [3.05, 3.63) is 28.5 Å². The van der Waals surface area contributed by atoms with Gasteiger partial charge in [0.05, 0.1) is 9.37 Å². The van der Waals surface area contributed by atoms with E-state index in [2.05, 4.69) is 27.6 Å². The summed E-state index contributed by atoms with van der Waals surface area (Å²) in [6, 6.07) is 3.83. The molecule has 20 heavy (non-hydrogen) atoms. The van der Waals surface area contributed by atoms with E-state index in [9.17, 15) is 12.8 Å². The Hall–Kier alpha value is -0.460. The summed E-state index contributed by atoms with van der Waals surface area (Å²) in [5, 5.41) is 0. The van der Waals surface area contributed by atoms with Crippen LogP contribution >= 0.6 is 15.9 Å². The van der Waals surface area contributed by atoms with Crippen molar-refractivity contribution in [2.24, 2.45) is 5.92 Å². The van der Waals surface area contributed by atoms with Crippen LogP contribution in [0.5, 0.6) is 0 Å². The van der Waals surface area contributed by atoms with Crippen LogP contribution in [0.2, 0.25) is 0 Å². The van der Waals surface area contributed by atoms with E-state index in [1.54, 1.807) is 0 Å². The minimum absolute atomic E-state index is 0.0181. The second kappa shape index (κ2) is 6.54. The quantitative estimate of drug-likeness (QED) is 0.829. The van der Waals surface area contributed by atoms with Gasteiger partial charge < -0.3 is 0 Å². The Labute approximate surface area is 128 Å². The lowest BCUT2D eigenvalue weighted by Gasteiger charge is -2.16. The normalized spacial score (nSPS) is 24.4. The molecule has 2 rings (SSSR count). The zero-order valence-electron chi connectivity index (χ0n) is 11.4. The molecule has 2 unspecified atom stereocenters. The molecule has 1 fully saturated rings. The van der Waals surface area contributed by atoms with Gasteiger partial charge in [0.1, 0.15) is 5.82 Å². The minimum atomic E-state index is -3.64. The van der Waals surface area contributed by atoms with Crippen LogP contribution < -0.4 is 4.72 Å². The van der Waals surface area contributed by atoms with Gasteiger partial charge in [-0.2, -0.15) is 0 Å². The number of benzene rings is 1. The third kappa shape index (κ3) is 4.02. The van der Waals surface area contributed by atoms with Gasteiger partial charge in [0.2, 0.25) is 10.0 Å². The number of halogens is 2. The average molecular weight is 364 g/mol. The van der Waals surface area contributed by atoms with Crippen molar-refractivity contribution in [3.63, 3.8) is 0 Å². The van der Waals surface area contributed by atoms with Gasteiger partial charge in [-0.25, -0.2) is 17.5 Å². The van der Waals surface area contributed by atoms with E-state index < -0.39 is 15.8 Å². The summed E-state index contributed by atoms with van der Waals surface area (Å²) in [6.45, 7) is 2.20. The molecule has 112 valence electrons. The fourth-order valence-corrected chi connectivity index (χ4v) is 4.10. The van der Waals surface area contributed by atoms with Gasteiger partial charge in [0, 0.05) is 6.04 Å². The van der Waals surface area contributed by atoms with Gasteiger partial charge in [-0.3, -0.25) is 0 Å². The van der Waals surface area contributed by atoms with Crippen molar-refractivity contribution >= 4 is 26.0 Å². The highest BCUT2D eigenvalue weighted by Crippen LogP contribution is 2.25. The van der Waals surface area contributed by atoms with Crippen LogP contribution in [0.4, 0.5) is 4.39 Å². The first-order valence-electron chi connectivity index (χ1n) is 6.86. The lowest BCUT2D eigenvalue weighted by molar-refractivity contribution is 0.484. The Morgan fingerprint density at radius 2 is 2.00 bits per heavy atom. The summed E-state index contributed by atoms with van der Waals surface area (Å²) in [4.78, 5) is -0.0181. The molecular weight excluding hydrogens is 345 g/mol. The van der Waals surface area contributed by atoms with E-state index in [1.807, 2.05) is 0 Å². The predicted octanol–water partition coefficient (Wildman–Crippen LogP) is 3.84. The standard InChI is InChI=1S/C14H19BrFNO2S/c1-10-3-2-4-11(6-5-10)17-20(18,19)12-7-8-13(15)14(16)9-12/h7-11,17H,2-6H2,1H3. The second-order valence-electron chi connectivity index (χ2n) is 5.51. The van der Waals surface area contributed by atoms with E-state index in [1.165, 1.54) is 12.1 Å². The van der Waals surface area contributed by atoms with Crippen LogP contribution in [0.25, 0.3) is 0 Å². The Balaban J connectivity index is 2.12. The Morgan fingerprint density at radius 1 is 1.25 bits per heavy atom. The highest BCUT2D eigenvalue weighted by Gasteiger charge is 2.23. The number of hydrogen-bond acceptors (Lipinski definition) is 2. The third-order valence-electron chi connectivity index (χ3n) is 3.78. The van der Waals surface area contributed by atoms with Crippen LogP contribution in [-0.2, 0) is 10.0 Å². The zero-order valence-corrected chi connectivity index (χ0v) is 13.8. The number of sulfonamides is 1. The highest BCUT2D eigenvalue weighted by atomic mass is 79.9. The van der Waals surface area contributed by atoms with Crippen molar-refractivity contribution in [2.45, 2.75) is 50.0 Å². The van der Waals surface area contributed by atoms with Crippen molar-refractivity contribution in [1.29, 1.82) is 0 Å². The van der Waals surface area contributed by atoms with Gasteiger partial charge in [-0.15, -0.1) is 0 Å². The Morgan fingerprint density at radius 3 is 2.70 bits per heavy atom. The lowest BCUT2D eigenvalue weighted by Crippen LogP contribution is -2.34. The average Bonchev–Trinajstić information content (AvgIpc) is 2.57. The molecule has 3 nitrogen and oxygen atoms in total. The first kappa shape index (κ1) is 15.9. The molecule has 0 heterocycles. The minimum Gasteiger partial charge on any atom is -0.208 e. The molecule has 1 saturated carbocycles. The maximum Gasteiger partial charge on any atom is 0.240 e. The molecule has 1 aromatic rings. The van der Waals surface area contributed by atoms with Gasteiger partial charge in [-0.1, -0.05) is 19.8 Å². The smallest absolute Gasteiger partial charge is 0.208 e. The molecule has 0 spiro atoms. The van der Waals surface area contributed by atoms with Gasteiger partial charge in [0.25, 0.3) is 0 Å². The zero-order chi connectivity index (χ0) is 14.8. The molecule has 1 aromatic carbocycles. The maximum absolute atomic E-state index is 13.5. The largest absolute Gasteiger partial charge is 0.240 e. The second-order valence-corrected chi connectivity index (χ2v) is 8.08. The van der Waals surface area contributed by atoms with Gasteiger partial charge >= 0.3 is 0 Å². The first-order chi connectivity index (χ1) is 9.38. The first-order valence-corrected chi connectivity index (χ1v) is 9.13. The number of rotatable bonds is 3. The van der Waals surface area contributed by atoms with Crippen LogP contribution in [0, 0.1) is 11.7 Å². The molecule has 6 heteroatoms. The van der Waals surface area contributed by atoms with Crippen molar-refractivity contribution < 1.29 is 12.8 Å². The summed E-state index contributed by atoms with van der Waals surface area (Å²) >= 11 is 3.02. The van der Waals surface area contributed by atoms with Crippen LogP contribution in [-0.4, -0.2) is 14.5 Å². The number of hydrogen-bond donors (Lipinski definition) is 1. The van der Waals surface area contributed by atoms with Crippen molar-refractivity contribution in [2.75, 3.05) is 0 Å². The molecule has 0 radical (unpaired) electrons. The highest BCUT2D eigenvalue weighted by molar-refractivity contribution is 9.10. The van der Waals surface area contributed by atoms with E-state index in [4.69, 9.17) is 0 Å². The fourth-order valence-electron chi connectivity index (χ4n) is 2.54. The number of nitrogens with one attached hydrogen (secondary N) is 1. The molecule has 1 aliphatic rings. The van der Waals surface area contributed by atoms with E-state index in [0.717, 1.165) is 38.2 Å². The third-order valence-corrected chi connectivity index (χ3v) is 5.94. The Bertz CT molecular complexity index is 577. The van der Waals surface area contributed by atoms with Crippen LogP contribution in [0.15, 0.2) is 27.6 Å². The molecule has 0 aliphatic heterocycles. The molecular formula is C14H19BrFNO2S. The fraction of sp³-hybridized carbons (Fsp3) is 0.571. The summed E-state index contributed by atoms with van der Waals surface area (Å²) in [5.74, 6) is 0.0805. The monoisotopic (exact) mass is 363 g/mol. The predicted molar refractivity (Wildman–Crippen MR) is 80.5 cm³/mol. The topological polar surface area (TPSA) is 46.2 Å². The van der Waals surface area contributed by atoms with Crippen LogP contribution in [0.3, 0.4) is 0 Å². The molecule has 0 saturated heterocycles. The molecule has 0 aromatic heterocycles. The van der Waals surface area contributed by atoms with Gasteiger partial charge in [0.15, 0.2) is 0 Å². The van der Waals surface area contributed by atoms with E-state index >= 15 is 0 Å². The van der Waals surface area contributed by atoms with Crippen molar-refractivity contribution in [3.8, 4) is 0 Å². The molecule has 1 N–H and O–H groups in total. The van der Waals surface area contributed by atoms with Crippen molar-refractivity contribution in [1.82, 2.24) is 4.72 Å². The molecule has 0 amide bonds. The molecule has 0 bridgehead atoms. The lowest BCUT2D eigenvalue weighted by atomic mass is 10.0. The van der Waals surface area contributed by atoms with E-state index in [-0.39, 0.29) is 15.4 Å². The maximum atomic E-state index is 13.5. The molecule has 2 atom stereocenters. The van der Waals surface area contributed by atoms with Crippen LogP contribution in [0.1, 0.15) is 39.0 Å². The Kier molecular flexibility index (Phi) is 5.20. The summed E-state index contributed by atoms with van der Waals surface area (Å²) in [7, 11) is -3.64. The van der Waals surface area contributed by atoms with E-state index in [0.29, 0.717) is 5.92 Å². The van der Waals surface area contributed by atoms with Gasteiger partial charge in [-0.05, 0) is 59.3 Å². The summed E-state index contributed by atoms with van der Waals surface area (Å²) in [6.07, 6.45) is 4.90. The summed E-state index contributed by atoms with van der Waals surface area (Å²) < 4.78 is 41.0. The molecule has 1 aliphatic carbocycles. The SMILES string of the molecule is CC1CCCC(NS(=O)(=O)c2ccc(Br)c(F)c2)CC1. The summed E-state index contributed by atoms with van der Waals surface area (Å²) in [5.41, 5.74) is 0.